The van der Waals surface area contributed by atoms with Gasteiger partial charge in [-0.05, 0) is 30.3 Å². The lowest BCUT2D eigenvalue weighted by Crippen LogP contribution is -1.88. The number of para-hydroxylation sites is 2. The van der Waals surface area contributed by atoms with E-state index < -0.39 is 0 Å². The van der Waals surface area contributed by atoms with E-state index in [2.05, 4.69) is 9.97 Å². The highest BCUT2D eigenvalue weighted by Gasteiger charge is 2.08. The van der Waals surface area contributed by atoms with Gasteiger partial charge in [0.2, 0.25) is 0 Å². The minimum absolute atomic E-state index is 0.143. The quantitative estimate of drug-likeness (QED) is 0.723. The highest BCUT2D eigenvalue weighted by Crippen LogP contribution is 2.30. The van der Waals surface area contributed by atoms with Crippen LogP contribution in [0.3, 0.4) is 0 Å². The second-order valence-corrected chi connectivity index (χ2v) is 4.34. The summed E-state index contributed by atoms with van der Waals surface area (Å²) in [5.41, 5.74) is 2.80. The number of phenolic OH excluding ortho intramolecular Hbond substituents is 1. The smallest absolute Gasteiger partial charge is 0.125 e. The van der Waals surface area contributed by atoms with Crippen LogP contribution in [0.25, 0.3) is 22.3 Å². The van der Waals surface area contributed by atoms with E-state index in [1.165, 1.54) is 0 Å². The third-order valence-corrected chi connectivity index (χ3v) is 2.92. The van der Waals surface area contributed by atoms with Crippen molar-refractivity contribution >= 4 is 22.6 Å². The van der Waals surface area contributed by atoms with Crippen LogP contribution in [0.15, 0.2) is 48.7 Å². The molecule has 0 unspecified atom stereocenters. The van der Waals surface area contributed by atoms with Crippen LogP contribution in [0.4, 0.5) is 0 Å². The van der Waals surface area contributed by atoms with Crippen LogP contribution in [0, 0.1) is 0 Å². The molecule has 0 saturated heterocycles. The van der Waals surface area contributed by atoms with Crippen LogP contribution in [0.5, 0.6) is 5.75 Å². The molecule has 1 heterocycles. The Morgan fingerprint density at radius 3 is 2.61 bits per heavy atom. The van der Waals surface area contributed by atoms with Gasteiger partial charge in [0.15, 0.2) is 0 Å². The molecule has 0 aliphatic rings. The number of hydrogen-bond acceptors (Lipinski definition) is 3. The third kappa shape index (κ3) is 1.89. The van der Waals surface area contributed by atoms with Crippen LogP contribution < -0.4 is 0 Å². The summed E-state index contributed by atoms with van der Waals surface area (Å²) < 4.78 is 0. The molecule has 0 fully saturated rings. The average molecular weight is 257 g/mol. The molecule has 0 saturated carbocycles. The van der Waals surface area contributed by atoms with Crippen molar-refractivity contribution in [2.24, 2.45) is 0 Å². The van der Waals surface area contributed by atoms with Crippen LogP contribution in [-0.4, -0.2) is 15.1 Å². The maximum Gasteiger partial charge on any atom is 0.125 e. The predicted octanol–water partition coefficient (Wildman–Crippen LogP) is 3.66. The maximum absolute atomic E-state index is 9.83. The van der Waals surface area contributed by atoms with Crippen molar-refractivity contribution in [1.29, 1.82) is 0 Å². The van der Waals surface area contributed by atoms with Gasteiger partial charge in [-0.3, -0.25) is 4.98 Å². The highest BCUT2D eigenvalue weighted by molar-refractivity contribution is 6.30. The van der Waals surface area contributed by atoms with Crippen molar-refractivity contribution in [3.63, 3.8) is 0 Å². The lowest BCUT2D eigenvalue weighted by Gasteiger charge is -2.05. The van der Waals surface area contributed by atoms with Gasteiger partial charge in [-0.15, -0.1) is 0 Å². The minimum Gasteiger partial charge on any atom is -0.507 e. The van der Waals surface area contributed by atoms with Crippen molar-refractivity contribution in [3.05, 3.63) is 53.7 Å². The number of nitrogens with zero attached hydrogens (tertiary/aromatic N) is 2. The molecule has 0 aliphatic heterocycles. The Kier molecular flexibility index (Phi) is 2.61. The number of aromatic nitrogens is 2. The van der Waals surface area contributed by atoms with Crippen molar-refractivity contribution in [2.45, 2.75) is 0 Å². The van der Waals surface area contributed by atoms with Gasteiger partial charge in [-0.2, -0.15) is 0 Å². The zero-order chi connectivity index (χ0) is 12.5. The molecule has 0 aliphatic carbocycles. The number of fused-ring (bicyclic) bond motifs is 1. The summed E-state index contributed by atoms with van der Waals surface area (Å²) in [6, 6.07) is 12.4. The molecular formula is C14H9ClN2O. The van der Waals surface area contributed by atoms with E-state index in [0.29, 0.717) is 16.3 Å². The normalized spacial score (nSPS) is 10.7. The zero-order valence-corrected chi connectivity index (χ0v) is 10.1. The van der Waals surface area contributed by atoms with Gasteiger partial charge in [0.05, 0.1) is 22.9 Å². The Morgan fingerprint density at radius 1 is 1.00 bits per heavy atom. The van der Waals surface area contributed by atoms with Crippen molar-refractivity contribution in [2.75, 3.05) is 0 Å². The Bertz CT molecular complexity index is 728. The van der Waals surface area contributed by atoms with Gasteiger partial charge in [-0.1, -0.05) is 23.7 Å². The fourth-order valence-corrected chi connectivity index (χ4v) is 1.97. The molecule has 3 nitrogen and oxygen atoms in total. The summed E-state index contributed by atoms with van der Waals surface area (Å²) >= 11 is 5.93. The van der Waals surface area contributed by atoms with Crippen LogP contribution in [-0.2, 0) is 0 Å². The van der Waals surface area contributed by atoms with Crippen LogP contribution >= 0.6 is 11.6 Å². The van der Waals surface area contributed by atoms with E-state index in [1.54, 1.807) is 24.4 Å². The van der Waals surface area contributed by atoms with Gasteiger partial charge in [0, 0.05) is 10.6 Å². The molecule has 18 heavy (non-hydrogen) atoms. The van der Waals surface area contributed by atoms with Crippen LogP contribution in [0.1, 0.15) is 0 Å². The monoisotopic (exact) mass is 256 g/mol. The van der Waals surface area contributed by atoms with E-state index in [9.17, 15) is 5.11 Å². The molecule has 2 aromatic carbocycles. The summed E-state index contributed by atoms with van der Waals surface area (Å²) in [5, 5.41) is 10.4. The van der Waals surface area contributed by atoms with E-state index in [1.807, 2.05) is 24.3 Å². The Labute approximate surface area is 109 Å². The number of benzene rings is 2. The summed E-state index contributed by atoms with van der Waals surface area (Å²) in [6.45, 7) is 0. The molecule has 4 heteroatoms. The first-order valence-electron chi connectivity index (χ1n) is 5.45. The Hall–Kier alpha value is -2.13. The lowest BCUT2D eigenvalue weighted by atomic mass is 10.1. The molecule has 3 rings (SSSR count). The van der Waals surface area contributed by atoms with E-state index in [0.717, 1.165) is 11.0 Å². The fourth-order valence-electron chi connectivity index (χ4n) is 1.80. The van der Waals surface area contributed by atoms with E-state index >= 15 is 0 Å². The van der Waals surface area contributed by atoms with Gasteiger partial charge >= 0.3 is 0 Å². The molecular weight excluding hydrogens is 248 g/mol. The highest BCUT2D eigenvalue weighted by atomic mass is 35.5. The second-order valence-electron chi connectivity index (χ2n) is 3.91. The topological polar surface area (TPSA) is 46.0 Å². The largest absolute Gasteiger partial charge is 0.507 e. The molecule has 0 atom stereocenters. The minimum atomic E-state index is 0.143. The average Bonchev–Trinajstić information content (AvgIpc) is 2.41. The van der Waals surface area contributed by atoms with Gasteiger partial charge in [-0.25, -0.2) is 4.98 Å². The predicted molar refractivity (Wildman–Crippen MR) is 71.6 cm³/mol. The molecule has 1 aromatic heterocycles. The van der Waals surface area contributed by atoms with Crippen molar-refractivity contribution in [3.8, 4) is 17.0 Å². The number of hydrogen-bond donors (Lipinski definition) is 1. The molecule has 0 bridgehead atoms. The van der Waals surface area contributed by atoms with E-state index in [4.69, 9.17) is 11.6 Å². The fraction of sp³-hybridized carbons (Fsp3) is 0. The van der Waals surface area contributed by atoms with Crippen molar-refractivity contribution in [1.82, 2.24) is 9.97 Å². The van der Waals surface area contributed by atoms with Crippen molar-refractivity contribution < 1.29 is 5.11 Å². The molecule has 3 aromatic rings. The van der Waals surface area contributed by atoms with Gasteiger partial charge in [0.1, 0.15) is 5.75 Å². The second kappa shape index (κ2) is 4.27. The molecule has 0 spiro atoms. The number of halogens is 1. The molecule has 1 N–H and O–H groups in total. The maximum atomic E-state index is 9.83. The molecule has 88 valence electrons. The summed E-state index contributed by atoms with van der Waals surface area (Å²) in [5.74, 6) is 0.143. The lowest BCUT2D eigenvalue weighted by molar-refractivity contribution is 0.477. The number of phenols is 1. The number of aromatic hydroxyl groups is 1. The molecule has 0 radical (unpaired) electrons. The van der Waals surface area contributed by atoms with Gasteiger partial charge < -0.3 is 5.11 Å². The first-order chi connectivity index (χ1) is 8.74. The first kappa shape index (κ1) is 11.0. The zero-order valence-electron chi connectivity index (χ0n) is 9.34. The van der Waals surface area contributed by atoms with Crippen LogP contribution in [0.2, 0.25) is 5.02 Å². The first-order valence-corrected chi connectivity index (χ1v) is 5.82. The summed E-state index contributed by atoms with van der Waals surface area (Å²) in [7, 11) is 0. The SMILES string of the molecule is Oc1ccc(Cl)cc1-c1cnc2ccccc2n1. The Morgan fingerprint density at radius 2 is 1.78 bits per heavy atom. The third-order valence-electron chi connectivity index (χ3n) is 2.68. The Balaban J connectivity index is 2.22. The summed E-state index contributed by atoms with van der Waals surface area (Å²) in [4.78, 5) is 8.78. The summed E-state index contributed by atoms with van der Waals surface area (Å²) in [6.07, 6.45) is 1.63. The standard InChI is InChI=1S/C14H9ClN2O/c15-9-5-6-14(18)10(7-9)13-8-16-11-3-1-2-4-12(11)17-13/h1-8,18H. The van der Waals surface area contributed by atoms with Gasteiger partial charge in [0.25, 0.3) is 0 Å². The number of rotatable bonds is 1. The van der Waals surface area contributed by atoms with E-state index in [-0.39, 0.29) is 5.75 Å². The molecule has 0 amide bonds.